The first-order valence-electron chi connectivity index (χ1n) is 8.29. The van der Waals surface area contributed by atoms with Crippen molar-refractivity contribution in [2.24, 2.45) is 16.6 Å². The summed E-state index contributed by atoms with van der Waals surface area (Å²) in [5.74, 6) is 1.34. The third kappa shape index (κ3) is 7.46. The molecule has 0 saturated heterocycles. The number of nitrogens with zero attached hydrogens (tertiary/aromatic N) is 2. The van der Waals surface area contributed by atoms with E-state index in [1.807, 2.05) is 6.92 Å². The summed E-state index contributed by atoms with van der Waals surface area (Å²) in [5.41, 5.74) is 6.15. The highest BCUT2D eigenvalue weighted by molar-refractivity contribution is 14.0. The Kier molecular flexibility index (Phi) is 11.4. The number of nitrogens with two attached hydrogens (primary N) is 1. The lowest BCUT2D eigenvalue weighted by molar-refractivity contribution is 0.0845. The van der Waals surface area contributed by atoms with Crippen LogP contribution in [0.1, 0.15) is 46.0 Å². The van der Waals surface area contributed by atoms with Gasteiger partial charge in [0.05, 0.1) is 6.54 Å². The zero-order valence-electron chi connectivity index (χ0n) is 14.7. The predicted octanol–water partition coefficient (Wildman–Crippen LogP) is 2.45. The third-order valence-corrected chi connectivity index (χ3v) is 4.54. The van der Waals surface area contributed by atoms with Crippen molar-refractivity contribution >= 4 is 29.9 Å². The quantitative estimate of drug-likeness (QED) is 0.271. The molecule has 132 valence electrons. The van der Waals surface area contributed by atoms with Crippen LogP contribution in [0.5, 0.6) is 0 Å². The smallest absolute Gasteiger partial charge is 0.188 e. The molecule has 1 saturated carbocycles. The summed E-state index contributed by atoms with van der Waals surface area (Å²) < 4.78 is 5.30. The van der Waals surface area contributed by atoms with Gasteiger partial charge in [0.1, 0.15) is 0 Å². The van der Waals surface area contributed by atoms with E-state index in [-0.39, 0.29) is 29.5 Å². The molecule has 1 fully saturated rings. The standard InChI is InChI=1S/C16H34N4O.HI/c1-5-21-11-7-10-18-15(17)19-13-16(20(3)4)9-6-8-14(2)12-16;/h14H,5-13H2,1-4H3,(H3,17,18,19);1H. The summed E-state index contributed by atoms with van der Waals surface area (Å²) in [4.78, 5) is 6.94. The Hall–Kier alpha value is -0.0800. The van der Waals surface area contributed by atoms with Gasteiger partial charge in [0, 0.05) is 25.3 Å². The van der Waals surface area contributed by atoms with Gasteiger partial charge in [-0.25, -0.2) is 0 Å². The number of guanidine groups is 1. The lowest BCUT2D eigenvalue weighted by Crippen LogP contribution is -2.50. The number of likely N-dealkylation sites (N-methyl/N-ethyl adjacent to an activating group) is 1. The summed E-state index contributed by atoms with van der Waals surface area (Å²) in [6, 6.07) is 0. The fourth-order valence-electron chi connectivity index (χ4n) is 3.15. The molecule has 1 aliphatic rings. The molecule has 0 spiro atoms. The van der Waals surface area contributed by atoms with Crippen molar-refractivity contribution < 1.29 is 4.74 Å². The predicted molar refractivity (Wildman–Crippen MR) is 105 cm³/mol. The van der Waals surface area contributed by atoms with E-state index in [0.717, 1.165) is 38.6 Å². The summed E-state index contributed by atoms with van der Waals surface area (Å²) in [5, 5.41) is 3.18. The maximum absolute atomic E-state index is 5.98. The van der Waals surface area contributed by atoms with Crippen molar-refractivity contribution in [3.05, 3.63) is 0 Å². The Balaban J connectivity index is 0.00000441. The average molecular weight is 426 g/mol. The molecular weight excluding hydrogens is 391 g/mol. The molecule has 0 aromatic carbocycles. The maximum atomic E-state index is 5.98. The van der Waals surface area contributed by atoms with Crippen molar-refractivity contribution in [3.8, 4) is 0 Å². The molecule has 0 heterocycles. The molecule has 0 amide bonds. The van der Waals surface area contributed by atoms with Crippen molar-refractivity contribution in [3.63, 3.8) is 0 Å². The van der Waals surface area contributed by atoms with Crippen LogP contribution in [-0.2, 0) is 4.74 Å². The lowest BCUT2D eigenvalue weighted by Gasteiger charge is -2.44. The summed E-state index contributed by atoms with van der Waals surface area (Å²) in [6.45, 7) is 7.50. The minimum absolute atomic E-state index is 0. The zero-order chi connectivity index (χ0) is 15.7. The number of hydrogen-bond acceptors (Lipinski definition) is 3. The van der Waals surface area contributed by atoms with E-state index in [2.05, 4.69) is 36.2 Å². The molecule has 22 heavy (non-hydrogen) atoms. The molecule has 3 N–H and O–H groups in total. The Labute approximate surface area is 153 Å². The van der Waals surface area contributed by atoms with E-state index in [1.54, 1.807) is 0 Å². The monoisotopic (exact) mass is 426 g/mol. The molecule has 0 aliphatic heterocycles. The van der Waals surface area contributed by atoms with Crippen molar-refractivity contribution in [2.75, 3.05) is 40.4 Å². The molecule has 0 aromatic heterocycles. The summed E-state index contributed by atoms with van der Waals surface area (Å²) in [7, 11) is 4.33. The molecule has 0 aromatic rings. The van der Waals surface area contributed by atoms with Crippen LogP contribution >= 0.6 is 24.0 Å². The van der Waals surface area contributed by atoms with Gasteiger partial charge < -0.3 is 20.7 Å². The molecule has 6 heteroatoms. The van der Waals surface area contributed by atoms with E-state index in [4.69, 9.17) is 10.5 Å². The molecule has 5 nitrogen and oxygen atoms in total. The van der Waals surface area contributed by atoms with E-state index in [9.17, 15) is 0 Å². The van der Waals surface area contributed by atoms with E-state index < -0.39 is 0 Å². The number of halogens is 1. The molecule has 0 bridgehead atoms. The van der Waals surface area contributed by atoms with Gasteiger partial charge in [-0.15, -0.1) is 24.0 Å². The van der Waals surface area contributed by atoms with Gasteiger partial charge in [-0.3, -0.25) is 4.99 Å². The molecule has 2 unspecified atom stereocenters. The van der Waals surface area contributed by atoms with Crippen molar-refractivity contribution in [1.29, 1.82) is 0 Å². The van der Waals surface area contributed by atoms with E-state index in [0.29, 0.717) is 5.96 Å². The lowest BCUT2D eigenvalue weighted by atomic mass is 9.75. The number of hydrogen-bond donors (Lipinski definition) is 2. The van der Waals surface area contributed by atoms with Gasteiger partial charge in [0.2, 0.25) is 0 Å². The number of rotatable bonds is 8. The first-order chi connectivity index (χ1) is 10.00. The van der Waals surface area contributed by atoms with Crippen LogP contribution in [-0.4, -0.2) is 56.8 Å². The van der Waals surface area contributed by atoms with Crippen LogP contribution in [0.15, 0.2) is 4.99 Å². The van der Waals surface area contributed by atoms with Crippen LogP contribution in [0.25, 0.3) is 0 Å². The molecule has 1 rings (SSSR count). The van der Waals surface area contributed by atoms with Crippen molar-refractivity contribution in [2.45, 2.75) is 51.5 Å². The van der Waals surface area contributed by atoms with Gasteiger partial charge in [0.15, 0.2) is 5.96 Å². The van der Waals surface area contributed by atoms with Crippen LogP contribution in [0.4, 0.5) is 0 Å². The Morgan fingerprint density at radius 2 is 2.18 bits per heavy atom. The van der Waals surface area contributed by atoms with Gasteiger partial charge in [0.25, 0.3) is 0 Å². The molecular formula is C16H35IN4O. The topological polar surface area (TPSA) is 62.9 Å². The van der Waals surface area contributed by atoms with Crippen molar-refractivity contribution in [1.82, 2.24) is 10.2 Å². The van der Waals surface area contributed by atoms with Gasteiger partial charge >= 0.3 is 0 Å². The molecule has 2 atom stereocenters. The highest BCUT2D eigenvalue weighted by Gasteiger charge is 2.36. The van der Waals surface area contributed by atoms with Crippen LogP contribution in [0.3, 0.4) is 0 Å². The van der Waals surface area contributed by atoms with Crippen LogP contribution < -0.4 is 11.1 Å². The first-order valence-corrected chi connectivity index (χ1v) is 8.29. The Morgan fingerprint density at radius 3 is 2.77 bits per heavy atom. The highest BCUT2D eigenvalue weighted by Crippen LogP contribution is 2.35. The fourth-order valence-corrected chi connectivity index (χ4v) is 3.15. The van der Waals surface area contributed by atoms with E-state index in [1.165, 1.54) is 25.7 Å². The zero-order valence-corrected chi connectivity index (χ0v) is 17.1. The van der Waals surface area contributed by atoms with Gasteiger partial charge in [-0.05, 0) is 46.2 Å². The number of aliphatic imine (C=N–C) groups is 1. The second-order valence-corrected chi connectivity index (χ2v) is 6.50. The maximum Gasteiger partial charge on any atom is 0.188 e. The van der Waals surface area contributed by atoms with Crippen LogP contribution in [0, 0.1) is 5.92 Å². The first kappa shape index (κ1) is 21.9. The molecule has 0 radical (unpaired) electrons. The normalized spacial score (nSPS) is 25.9. The summed E-state index contributed by atoms with van der Waals surface area (Å²) in [6.07, 6.45) is 6.01. The Bertz CT molecular complexity index is 325. The second kappa shape index (κ2) is 11.5. The SMILES string of the molecule is CCOCCCNC(N)=NCC1(N(C)C)CCCC(C)C1.I. The van der Waals surface area contributed by atoms with E-state index >= 15 is 0 Å². The summed E-state index contributed by atoms with van der Waals surface area (Å²) >= 11 is 0. The minimum Gasteiger partial charge on any atom is -0.382 e. The van der Waals surface area contributed by atoms with Crippen LogP contribution in [0.2, 0.25) is 0 Å². The fraction of sp³-hybridized carbons (Fsp3) is 0.938. The number of ether oxygens (including phenoxy) is 1. The largest absolute Gasteiger partial charge is 0.382 e. The molecule has 1 aliphatic carbocycles. The van der Waals surface area contributed by atoms with Gasteiger partial charge in [-0.1, -0.05) is 19.8 Å². The average Bonchev–Trinajstić information content (AvgIpc) is 2.45. The third-order valence-electron chi connectivity index (χ3n) is 4.54. The Morgan fingerprint density at radius 1 is 1.45 bits per heavy atom. The second-order valence-electron chi connectivity index (χ2n) is 6.50. The van der Waals surface area contributed by atoms with Gasteiger partial charge in [-0.2, -0.15) is 0 Å². The number of nitrogens with one attached hydrogen (secondary N) is 1. The highest BCUT2D eigenvalue weighted by atomic mass is 127. The minimum atomic E-state index is 0.